The number of benzene rings is 3. The molecule has 0 spiro atoms. The second-order valence-electron chi connectivity index (χ2n) is 6.78. The van der Waals surface area contributed by atoms with Gasteiger partial charge >= 0.3 is 0 Å². The summed E-state index contributed by atoms with van der Waals surface area (Å²) in [4.78, 5) is 17.6. The van der Waals surface area contributed by atoms with Crippen molar-refractivity contribution in [3.05, 3.63) is 95.0 Å². The van der Waals surface area contributed by atoms with Crippen LogP contribution >= 0.6 is 11.6 Å². The van der Waals surface area contributed by atoms with Crippen LogP contribution in [0.4, 0.5) is 0 Å². The monoisotopic (exact) mass is 429 g/mol. The van der Waals surface area contributed by atoms with E-state index in [1.807, 2.05) is 67.6 Å². The zero-order valence-electron chi connectivity index (χ0n) is 16.9. The van der Waals surface area contributed by atoms with Crippen molar-refractivity contribution in [1.29, 1.82) is 0 Å². The summed E-state index contributed by atoms with van der Waals surface area (Å²) in [7, 11) is 0. The lowest BCUT2D eigenvalue weighted by Crippen LogP contribution is -2.18. The highest BCUT2D eigenvalue weighted by molar-refractivity contribution is 6.30. The molecular formula is C25H20ClN3O2. The Morgan fingerprint density at radius 1 is 1.06 bits per heavy atom. The Balaban J connectivity index is 1.60. The van der Waals surface area contributed by atoms with Gasteiger partial charge in [-0.25, -0.2) is 10.4 Å². The summed E-state index contributed by atoms with van der Waals surface area (Å²) in [5.74, 6) is 0.484. The summed E-state index contributed by atoms with van der Waals surface area (Å²) in [5.41, 5.74) is 6.27. The summed E-state index contributed by atoms with van der Waals surface area (Å²) < 4.78 is 5.43. The number of hydrogen-bond acceptors (Lipinski definition) is 4. The van der Waals surface area contributed by atoms with Gasteiger partial charge in [-0.15, -0.1) is 0 Å². The van der Waals surface area contributed by atoms with Crippen LogP contribution in [0.15, 0.2) is 84.0 Å². The molecule has 0 atom stereocenters. The summed E-state index contributed by atoms with van der Waals surface area (Å²) in [6, 6.07) is 24.1. The number of halogens is 1. The minimum Gasteiger partial charge on any atom is -0.494 e. The van der Waals surface area contributed by atoms with Crippen LogP contribution in [0.1, 0.15) is 22.8 Å². The minimum atomic E-state index is -0.309. The molecule has 1 N–H and O–H groups in total. The molecule has 3 aromatic carbocycles. The van der Waals surface area contributed by atoms with Crippen molar-refractivity contribution >= 4 is 34.6 Å². The average molecular weight is 430 g/mol. The largest absolute Gasteiger partial charge is 0.494 e. The van der Waals surface area contributed by atoms with Gasteiger partial charge in [0.05, 0.1) is 29.6 Å². The van der Waals surface area contributed by atoms with Crippen molar-refractivity contribution < 1.29 is 9.53 Å². The third-order valence-electron chi connectivity index (χ3n) is 4.67. The fraction of sp³-hybridized carbons (Fsp3) is 0.0800. The molecule has 0 radical (unpaired) electrons. The molecule has 5 nitrogen and oxygen atoms in total. The van der Waals surface area contributed by atoms with Gasteiger partial charge < -0.3 is 4.74 Å². The molecular weight excluding hydrogens is 410 g/mol. The van der Waals surface area contributed by atoms with E-state index in [2.05, 4.69) is 10.5 Å². The number of para-hydroxylation sites is 1. The lowest BCUT2D eigenvalue weighted by atomic mass is 10.0. The zero-order valence-corrected chi connectivity index (χ0v) is 17.6. The fourth-order valence-electron chi connectivity index (χ4n) is 3.17. The van der Waals surface area contributed by atoms with Gasteiger partial charge in [-0.05, 0) is 61.0 Å². The van der Waals surface area contributed by atoms with E-state index >= 15 is 0 Å². The highest BCUT2D eigenvalue weighted by atomic mass is 35.5. The first-order chi connectivity index (χ1) is 15.1. The van der Waals surface area contributed by atoms with Gasteiger partial charge in [0, 0.05) is 16.0 Å². The van der Waals surface area contributed by atoms with Crippen LogP contribution in [-0.2, 0) is 0 Å². The number of hydrogen-bond donors (Lipinski definition) is 1. The zero-order chi connectivity index (χ0) is 21.6. The third kappa shape index (κ3) is 4.90. The number of aromatic nitrogens is 1. The van der Waals surface area contributed by atoms with E-state index < -0.39 is 0 Å². The number of carbonyl (C=O) groups is 1. The van der Waals surface area contributed by atoms with E-state index in [4.69, 9.17) is 21.3 Å². The Bertz CT molecular complexity index is 1240. The van der Waals surface area contributed by atoms with Gasteiger partial charge in [0.25, 0.3) is 5.91 Å². The van der Waals surface area contributed by atoms with Crippen molar-refractivity contribution in [1.82, 2.24) is 10.4 Å². The Labute approximate surface area is 185 Å². The maximum Gasteiger partial charge on any atom is 0.272 e. The van der Waals surface area contributed by atoms with Crippen LogP contribution in [0.3, 0.4) is 0 Å². The van der Waals surface area contributed by atoms with E-state index in [-0.39, 0.29) is 5.91 Å². The Hall–Kier alpha value is -3.70. The van der Waals surface area contributed by atoms with Crippen LogP contribution in [0.25, 0.3) is 22.2 Å². The van der Waals surface area contributed by atoms with Crippen LogP contribution in [0.2, 0.25) is 5.02 Å². The fourth-order valence-corrected chi connectivity index (χ4v) is 3.30. The highest BCUT2D eigenvalue weighted by Gasteiger charge is 2.13. The first-order valence-corrected chi connectivity index (χ1v) is 10.2. The number of hydrazone groups is 1. The number of pyridine rings is 1. The first-order valence-electron chi connectivity index (χ1n) is 9.86. The topological polar surface area (TPSA) is 63.6 Å². The molecule has 4 aromatic rings. The SMILES string of the molecule is CCOc1ccc(/C=N\NC(=O)c2cc(-c3ccc(Cl)cc3)nc3ccccc23)cc1. The number of rotatable bonds is 6. The average Bonchev–Trinajstić information content (AvgIpc) is 2.80. The van der Waals surface area contributed by atoms with Crippen molar-refractivity contribution in [2.24, 2.45) is 5.10 Å². The molecule has 31 heavy (non-hydrogen) atoms. The van der Waals surface area contributed by atoms with E-state index in [9.17, 15) is 4.79 Å². The third-order valence-corrected chi connectivity index (χ3v) is 4.92. The maximum absolute atomic E-state index is 12.9. The van der Waals surface area contributed by atoms with Crippen molar-refractivity contribution in [3.63, 3.8) is 0 Å². The molecule has 0 unspecified atom stereocenters. The second-order valence-corrected chi connectivity index (χ2v) is 7.22. The minimum absolute atomic E-state index is 0.309. The first kappa shape index (κ1) is 20.6. The van der Waals surface area contributed by atoms with E-state index in [1.54, 1.807) is 24.4 Å². The standard InChI is InChI=1S/C25H20ClN3O2/c1-2-31-20-13-7-17(8-14-20)16-27-29-25(30)22-15-24(18-9-11-19(26)12-10-18)28-23-6-4-3-5-21(22)23/h3-16H,2H2,1H3,(H,29,30)/b27-16-. The van der Waals surface area contributed by atoms with Gasteiger partial charge in [-0.1, -0.05) is 41.9 Å². The Morgan fingerprint density at radius 3 is 2.55 bits per heavy atom. The number of ether oxygens (including phenoxy) is 1. The quantitative estimate of drug-likeness (QED) is 0.315. The van der Waals surface area contributed by atoms with Crippen molar-refractivity contribution in [2.45, 2.75) is 6.92 Å². The van der Waals surface area contributed by atoms with Gasteiger partial charge in [0.1, 0.15) is 5.75 Å². The van der Waals surface area contributed by atoms with Crippen LogP contribution < -0.4 is 10.2 Å². The predicted octanol–water partition coefficient (Wildman–Crippen LogP) is 5.72. The lowest BCUT2D eigenvalue weighted by molar-refractivity contribution is 0.0956. The molecule has 6 heteroatoms. The van der Waals surface area contributed by atoms with Gasteiger partial charge in [-0.2, -0.15) is 5.10 Å². The number of fused-ring (bicyclic) bond motifs is 1. The summed E-state index contributed by atoms with van der Waals surface area (Å²) in [6.45, 7) is 2.55. The molecule has 1 heterocycles. The molecule has 1 amide bonds. The number of nitrogens with one attached hydrogen (secondary N) is 1. The van der Waals surface area contributed by atoms with Gasteiger partial charge in [0.15, 0.2) is 0 Å². The molecule has 0 bridgehead atoms. The number of amides is 1. The van der Waals surface area contributed by atoms with Gasteiger partial charge in [-0.3, -0.25) is 4.79 Å². The van der Waals surface area contributed by atoms with Gasteiger partial charge in [0.2, 0.25) is 0 Å². The number of nitrogens with zero attached hydrogens (tertiary/aromatic N) is 2. The molecule has 4 rings (SSSR count). The van der Waals surface area contributed by atoms with E-state index in [0.29, 0.717) is 22.9 Å². The highest BCUT2D eigenvalue weighted by Crippen LogP contribution is 2.26. The van der Waals surface area contributed by atoms with Crippen LogP contribution in [-0.4, -0.2) is 23.7 Å². The van der Waals surface area contributed by atoms with Crippen molar-refractivity contribution in [3.8, 4) is 17.0 Å². The molecule has 154 valence electrons. The Morgan fingerprint density at radius 2 is 1.81 bits per heavy atom. The molecule has 0 aliphatic carbocycles. The number of carbonyl (C=O) groups excluding carboxylic acids is 1. The Kier molecular flexibility index (Phi) is 6.24. The summed E-state index contributed by atoms with van der Waals surface area (Å²) in [5, 5.41) is 5.51. The molecule has 1 aromatic heterocycles. The summed E-state index contributed by atoms with van der Waals surface area (Å²) in [6.07, 6.45) is 1.59. The second kappa shape index (κ2) is 9.41. The van der Waals surface area contributed by atoms with Crippen LogP contribution in [0.5, 0.6) is 5.75 Å². The predicted molar refractivity (Wildman–Crippen MR) is 125 cm³/mol. The normalized spacial score (nSPS) is 11.0. The van der Waals surface area contributed by atoms with E-state index in [1.165, 1.54) is 0 Å². The molecule has 0 saturated heterocycles. The van der Waals surface area contributed by atoms with E-state index in [0.717, 1.165) is 27.8 Å². The smallest absolute Gasteiger partial charge is 0.272 e. The molecule has 0 fully saturated rings. The van der Waals surface area contributed by atoms with Crippen LogP contribution in [0, 0.1) is 0 Å². The maximum atomic E-state index is 12.9. The molecule has 0 aliphatic rings. The lowest BCUT2D eigenvalue weighted by Gasteiger charge is -2.09. The van der Waals surface area contributed by atoms with Crippen molar-refractivity contribution in [2.75, 3.05) is 6.61 Å². The molecule has 0 saturated carbocycles. The molecule has 0 aliphatic heterocycles. The summed E-state index contributed by atoms with van der Waals surface area (Å²) >= 11 is 6.00.